The summed E-state index contributed by atoms with van der Waals surface area (Å²) >= 11 is 0. The molecule has 1 aromatic carbocycles. The van der Waals surface area contributed by atoms with Gasteiger partial charge < -0.3 is 9.30 Å². The number of nitrogens with one attached hydrogen (secondary N) is 1. The maximum atomic E-state index is 13.2. The van der Waals surface area contributed by atoms with Crippen molar-refractivity contribution in [2.45, 2.75) is 32.7 Å². The lowest BCUT2D eigenvalue weighted by molar-refractivity contribution is 0.102. The quantitative estimate of drug-likeness (QED) is 0.469. The molecule has 2 bridgehead atoms. The summed E-state index contributed by atoms with van der Waals surface area (Å²) < 4.78 is 9.86. The van der Waals surface area contributed by atoms with Gasteiger partial charge in [0.1, 0.15) is 0 Å². The fourth-order valence-corrected chi connectivity index (χ4v) is 4.00. The molecule has 1 aliphatic rings. The van der Waals surface area contributed by atoms with Gasteiger partial charge in [-0.05, 0) is 50.5 Å². The van der Waals surface area contributed by atoms with E-state index < -0.39 is 0 Å². The van der Waals surface area contributed by atoms with Crippen LogP contribution >= 0.6 is 0 Å². The van der Waals surface area contributed by atoms with E-state index in [-0.39, 0.29) is 5.91 Å². The summed E-state index contributed by atoms with van der Waals surface area (Å²) in [6, 6.07) is 11.5. The first-order valence-corrected chi connectivity index (χ1v) is 10.5. The number of ether oxygens (including phenoxy) is 1. The number of anilines is 1. The average Bonchev–Trinajstić information content (AvgIpc) is 3.29. The molecule has 1 amide bonds. The third-order valence-corrected chi connectivity index (χ3v) is 5.52. The van der Waals surface area contributed by atoms with E-state index in [1.807, 2.05) is 38.2 Å². The van der Waals surface area contributed by atoms with Gasteiger partial charge in [-0.25, -0.2) is 9.67 Å². The van der Waals surface area contributed by atoms with Crippen molar-refractivity contribution < 1.29 is 9.53 Å². The maximum Gasteiger partial charge on any atom is 0.258 e. The zero-order chi connectivity index (χ0) is 21.4. The average molecular weight is 416 g/mol. The Morgan fingerprint density at radius 2 is 1.97 bits per heavy atom. The molecular formula is C23H24N6O2. The molecule has 0 fully saturated rings. The lowest BCUT2D eigenvalue weighted by Gasteiger charge is -2.10. The van der Waals surface area contributed by atoms with Gasteiger partial charge in [-0.3, -0.25) is 15.1 Å². The molecule has 8 nitrogen and oxygen atoms in total. The minimum Gasteiger partial charge on any atom is -0.477 e. The lowest BCUT2D eigenvalue weighted by Crippen LogP contribution is -2.16. The molecule has 0 unspecified atom stereocenters. The van der Waals surface area contributed by atoms with Crippen LogP contribution in [-0.2, 0) is 13.6 Å². The summed E-state index contributed by atoms with van der Waals surface area (Å²) in [7, 11) is 1.85. The number of aryl methyl sites for hydroxylation is 3. The number of imidazole rings is 1. The van der Waals surface area contributed by atoms with Gasteiger partial charge in [-0.1, -0.05) is 12.1 Å². The van der Waals surface area contributed by atoms with Gasteiger partial charge >= 0.3 is 0 Å². The number of para-hydroxylation sites is 2. The molecule has 4 heterocycles. The van der Waals surface area contributed by atoms with Crippen LogP contribution in [0.3, 0.4) is 0 Å². The standard InChI is InChI=1S/C23H24N6O2/c1-15-12-16-13-19(25-15)17-14-24-28(2)22(17)31-11-7-3-6-10-29-20-9-5-4-8-18(20)26-23(29)27-21(16)30/h4-5,8-9,12-14H,3,6-7,10-11H2,1-2H3,(H,26,27,30). The molecule has 0 spiro atoms. The van der Waals surface area contributed by atoms with E-state index >= 15 is 0 Å². The topological polar surface area (TPSA) is 86.9 Å². The molecular weight excluding hydrogens is 392 g/mol. The van der Waals surface area contributed by atoms with Crippen molar-refractivity contribution in [2.75, 3.05) is 11.9 Å². The van der Waals surface area contributed by atoms with E-state index in [9.17, 15) is 4.79 Å². The third kappa shape index (κ3) is 3.65. The van der Waals surface area contributed by atoms with Gasteiger partial charge in [0.25, 0.3) is 5.91 Å². The Kier molecular flexibility index (Phi) is 4.89. The molecule has 0 aliphatic carbocycles. The Balaban J connectivity index is 1.60. The Morgan fingerprint density at radius 3 is 2.87 bits per heavy atom. The van der Waals surface area contributed by atoms with Crippen molar-refractivity contribution in [3.8, 4) is 17.1 Å². The van der Waals surface area contributed by atoms with Crippen LogP contribution in [0.15, 0.2) is 42.6 Å². The summed E-state index contributed by atoms with van der Waals surface area (Å²) in [6.07, 6.45) is 4.61. The van der Waals surface area contributed by atoms with E-state index in [1.165, 1.54) is 0 Å². The number of benzene rings is 1. The lowest BCUT2D eigenvalue weighted by atomic mass is 10.1. The van der Waals surface area contributed by atoms with Crippen LogP contribution in [0, 0.1) is 6.92 Å². The highest BCUT2D eigenvalue weighted by molar-refractivity contribution is 6.04. The van der Waals surface area contributed by atoms with Gasteiger partial charge in [-0.15, -0.1) is 0 Å². The smallest absolute Gasteiger partial charge is 0.258 e. The van der Waals surface area contributed by atoms with Crippen LogP contribution in [0.2, 0.25) is 0 Å². The second kappa shape index (κ2) is 7.86. The van der Waals surface area contributed by atoms with Gasteiger partial charge in [0.15, 0.2) is 0 Å². The number of amides is 1. The number of carbonyl (C=O) groups is 1. The molecule has 5 rings (SSSR count). The predicted octanol–water partition coefficient (Wildman–Crippen LogP) is 3.96. The molecule has 31 heavy (non-hydrogen) atoms. The first-order chi connectivity index (χ1) is 15.1. The van der Waals surface area contributed by atoms with Crippen LogP contribution in [0.5, 0.6) is 5.88 Å². The van der Waals surface area contributed by atoms with Crippen molar-refractivity contribution in [3.63, 3.8) is 0 Å². The van der Waals surface area contributed by atoms with E-state index in [0.29, 0.717) is 29.7 Å². The zero-order valence-electron chi connectivity index (χ0n) is 17.6. The summed E-state index contributed by atoms with van der Waals surface area (Å²) in [6.45, 7) is 3.24. The van der Waals surface area contributed by atoms with Crippen LogP contribution in [0.1, 0.15) is 35.3 Å². The van der Waals surface area contributed by atoms with Crippen molar-refractivity contribution in [1.82, 2.24) is 24.3 Å². The second-order valence-corrected chi connectivity index (χ2v) is 7.81. The zero-order valence-corrected chi connectivity index (χ0v) is 17.6. The van der Waals surface area contributed by atoms with Crippen molar-refractivity contribution in [1.29, 1.82) is 0 Å². The highest BCUT2D eigenvalue weighted by Crippen LogP contribution is 2.30. The fraction of sp³-hybridized carbons (Fsp3) is 0.304. The summed E-state index contributed by atoms with van der Waals surface area (Å²) in [5, 5.41) is 7.35. The first kappa shape index (κ1) is 19.3. The Hall–Kier alpha value is -3.68. The number of nitrogens with zero attached hydrogens (tertiary/aromatic N) is 5. The minimum absolute atomic E-state index is 0.218. The molecule has 158 valence electrons. The first-order valence-electron chi connectivity index (χ1n) is 10.5. The van der Waals surface area contributed by atoms with Crippen LogP contribution in [0.25, 0.3) is 22.3 Å². The van der Waals surface area contributed by atoms with Crippen LogP contribution < -0.4 is 10.1 Å². The number of carbonyl (C=O) groups excluding carboxylic acids is 1. The SMILES string of the molecule is Cc1cc2cc(n1)-c1cnn(C)c1OCCCCCn1c(nc3ccccc31)NC2=O. The van der Waals surface area contributed by atoms with E-state index in [0.717, 1.165) is 48.1 Å². The highest BCUT2D eigenvalue weighted by Gasteiger charge is 2.19. The third-order valence-electron chi connectivity index (χ3n) is 5.52. The van der Waals surface area contributed by atoms with Gasteiger partial charge in [-0.2, -0.15) is 5.10 Å². The van der Waals surface area contributed by atoms with Crippen LogP contribution in [-0.4, -0.2) is 36.8 Å². The number of rotatable bonds is 0. The number of fused-ring (bicyclic) bond motifs is 7. The van der Waals surface area contributed by atoms with E-state index in [4.69, 9.17) is 4.74 Å². The molecule has 0 saturated carbocycles. The van der Waals surface area contributed by atoms with Crippen molar-refractivity contribution >= 4 is 22.9 Å². The minimum atomic E-state index is -0.218. The van der Waals surface area contributed by atoms with Crippen molar-refractivity contribution in [2.24, 2.45) is 7.05 Å². The Bertz CT molecular complexity index is 1270. The monoisotopic (exact) mass is 416 g/mol. The number of hydrogen-bond donors (Lipinski definition) is 1. The Morgan fingerprint density at radius 1 is 1.10 bits per heavy atom. The van der Waals surface area contributed by atoms with Gasteiger partial charge in [0.2, 0.25) is 11.8 Å². The van der Waals surface area contributed by atoms with E-state index in [2.05, 4.69) is 25.0 Å². The van der Waals surface area contributed by atoms with E-state index in [1.54, 1.807) is 23.0 Å². The van der Waals surface area contributed by atoms with Crippen molar-refractivity contribution in [3.05, 3.63) is 53.9 Å². The number of aromatic nitrogens is 5. The molecule has 8 heteroatoms. The molecule has 4 aromatic rings. The summed E-state index contributed by atoms with van der Waals surface area (Å²) in [4.78, 5) is 22.5. The Labute approximate surface area is 179 Å². The highest BCUT2D eigenvalue weighted by atomic mass is 16.5. The van der Waals surface area contributed by atoms with Crippen LogP contribution in [0.4, 0.5) is 5.95 Å². The van der Waals surface area contributed by atoms with Gasteiger partial charge in [0.05, 0.1) is 35.1 Å². The fourth-order valence-electron chi connectivity index (χ4n) is 4.00. The molecule has 1 aliphatic heterocycles. The molecule has 0 radical (unpaired) electrons. The summed E-state index contributed by atoms with van der Waals surface area (Å²) in [5.41, 5.74) is 4.59. The second-order valence-electron chi connectivity index (χ2n) is 7.81. The molecule has 3 aromatic heterocycles. The molecule has 0 atom stereocenters. The molecule has 0 saturated heterocycles. The maximum absolute atomic E-state index is 13.2. The number of pyridine rings is 1. The summed E-state index contributed by atoms with van der Waals surface area (Å²) in [5.74, 6) is 1.01. The van der Waals surface area contributed by atoms with Gasteiger partial charge in [0, 0.05) is 24.8 Å². The largest absolute Gasteiger partial charge is 0.477 e. The molecule has 1 N–H and O–H groups in total. The predicted molar refractivity (Wildman–Crippen MR) is 118 cm³/mol. The normalized spacial score (nSPS) is 14.7. The number of hydrogen-bond acceptors (Lipinski definition) is 5.